The lowest BCUT2D eigenvalue weighted by Gasteiger charge is -2.18. The van der Waals surface area contributed by atoms with E-state index >= 15 is 0 Å². The van der Waals surface area contributed by atoms with Gasteiger partial charge < -0.3 is 14.2 Å². The van der Waals surface area contributed by atoms with Gasteiger partial charge in [0.05, 0.1) is 0 Å². The van der Waals surface area contributed by atoms with Crippen LogP contribution in [-0.4, -0.2) is 37.2 Å². The lowest BCUT2D eigenvalue weighted by atomic mass is 10.1. The van der Waals surface area contributed by atoms with E-state index in [2.05, 4.69) is 69.4 Å². The first-order valence-electron chi connectivity index (χ1n) is 31.1. The monoisotopic (exact) mass is 995 g/mol. The van der Waals surface area contributed by atoms with Gasteiger partial charge in [0.25, 0.3) is 0 Å². The van der Waals surface area contributed by atoms with Gasteiger partial charge in [-0.1, -0.05) is 256 Å². The van der Waals surface area contributed by atoms with E-state index in [-0.39, 0.29) is 31.1 Å². The number of unbranched alkanes of at least 4 members (excludes halogenated alkanes) is 38. The molecule has 0 amide bonds. The average molecular weight is 996 g/mol. The van der Waals surface area contributed by atoms with Gasteiger partial charge in [-0.05, 0) is 103 Å². The summed E-state index contributed by atoms with van der Waals surface area (Å²) in [6.07, 6.45) is 73.9. The molecule has 0 rings (SSSR count). The van der Waals surface area contributed by atoms with E-state index in [1.807, 2.05) is 0 Å². The van der Waals surface area contributed by atoms with Gasteiger partial charge in [-0.15, -0.1) is 0 Å². The smallest absolute Gasteiger partial charge is 0.306 e. The number of esters is 3. The highest BCUT2D eigenvalue weighted by atomic mass is 16.6. The predicted molar refractivity (Wildman–Crippen MR) is 307 cm³/mol. The van der Waals surface area contributed by atoms with Gasteiger partial charge in [-0.2, -0.15) is 0 Å². The number of hydrogen-bond acceptors (Lipinski definition) is 6. The number of carbonyl (C=O) groups excluding carboxylic acids is 3. The van der Waals surface area contributed by atoms with Crippen LogP contribution < -0.4 is 0 Å². The zero-order chi connectivity index (χ0) is 51.4. The Morgan fingerprint density at radius 2 is 0.507 bits per heavy atom. The van der Waals surface area contributed by atoms with Crippen LogP contribution in [0.5, 0.6) is 0 Å². The molecule has 0 spiro atoms. The third kappa shape index (κ3) is 58.1. The molecule has 414 valence electrons. The average Bonchev–Trinajstić information content (AvgIpc) is 3.37. The molecule has 6 nitrogen and oxygen atoms in total. The van der Waals surface area contributed by atoms with E-state index < -0.39 is 6.10 Å². The van der Waals surface area contributed by atoms with Crippen molar-refractivity contribution >= 4 is 17.9 Å². The molecule has 0 unspecified atom stereocenters. The topological polar surface area (TPSA) is 78.9 Å². The number of allylic oxidation sites excluding steroid dienone is 8. The summed E-state index contributed by atoms with van der Waals surface area (Å²) in [6, 6.07) is 0. The highest BCUT2D eigenvalue weighted by Gasteiger charge is 2.19. The molecule has 0 saturated heterocycles. The summed E-state index contributed by atoms with van der Waals surface area (Å²) in [5.41, 5.74) is 0. The van der Waals surface area contributed by atoms with E-state index in [1.54, 1.807) is 0 Å². The van der Waals surface area contributed by atoms with Crippen LogP contribution in [0.15, 0.2) is 48.6 Å². The Bertz CT molecular complexity index is 1230. The normalized spacial score (nSPS) is 12.3. The summed E-state index contributed by atoms with van der Waals surface area (Å²) in [5.74, 6) is -0.871. The number of ether oxygens (including phenoxy) is 3. The molecule has 0 aliphatic carbocycles. The van der Waals surface area contributed by atoms with Crippen molar-refractivity contribution in [2.45, 2.75) is 335 Å². The number of carbonyl (C=O) groups is 3. The third-order valence-electron chi connectivity index (χ3n) is 13.8. The van der Waals surface area contributed by atoms with E-state index in [4.69, 9.17) is 14.2 Å². The Kier molecular flexibility index (Phi) is 57.7. The van der Waals surface area contributed by atoms with Crippen LogP contribution in [0.4, 0.5) is 0 Å². The Labute approximate surface area is 441 Å². The van der Waals surface area contributed by atoms with Crippen LogP contribution in [0.1, 0.15) is 329 Å². The molecule has 0 aromatic carbocycles. The standard InChI is InChI=1S/C65H118O6/c1-4-7-10-13-16-19-22-25-28-31-32-35-37-40-43-46-49-52-55-58-64(67)70-61-62(71-65(68)59-56-53-50-47-44-41-38-34-30-27-24-21-18-15-12-9-6-3)60-69-63(66)57-54-51-48-45-42-39-36-33-29-26-23-20-17-14-11-8-5-2/h16,19,25-30,62H,4-15,17-18,20-24,31-61H2,1-3H3/b19-16+,28-25+,29-26+,30-27+/t62-/m1/s1. The molecule has 0 aromatic rings. The van der Waals surface area contributed by atoms with Crippen molar-refractivity contribution in [3.05, 3.63) is 48.6 Å². The molecular weight excluding hydrogens is 877 g/mol. The molecule has 6 heteroatoms. The van der Waals surface area contributed by atoms with Crippen molar-refractivity contribution in [2.24, 2.45) is 0 Å². The zero-order valence-electron chi connectivity index (χ0n) is 47.5. The van der Waals surface area contributed by atoms with Gasteiger partial charge in [0, 0.05) is 19.3 Å². The minimum absolute atomic E-state index is 0.0763. The molecule has 0 radical (unpaired) electrons. The molecule has 71 heavy (non-hydrogen) atoms. The van der Waals surface area contributed by atoms with Crippen LogP contribution in [-0.2, 0) is 28.6 Å². The van der Waals surface area contributed by atoms with E-state index in [9.17, 15) is 14.4 Å². The second-order valence-corrected chi connectivity index (χ2v) is 21.0. The van der Waals surface area contributed by atoms with Gasteiger partial charge in [0.2, 0.25) is 0 Å². The highest BCUT2D eigenvalue weighted by Crippen LogP contribution is 2.16. The minimum atomic E-state index is -0.779. The largest absolute Gasteiger partial charge is 0.462 e. The Hall–Kier alpha value is -2.63. The maximum absolute atomic E-state index is 12.9. The first-order valence-corrected chi connectivity index (χ1v) is 31.1. The van der Waals surface area contributed by atoms with Crippen molar-refractivity contribution < 1.29 is 28.6 Å². The summed E-state index contributed by atoms with van der Waals surface area (Å²) in [7, 11) is 0. The van der Waals surface area contributed by atoms with Crippen LogP contribution in [0.3, 0.4) is 0 Å². The predicted octanol–water partition coefficient (Wildman–Crippen LogP) is 21.0. The zero-order valence-corrected chi connectivity index (χ0v) is 47.5. The summed E-state index contributed by atoms with van der Waals surface area (Å²) in [4.78, 5) is 38.3. The van der Waals surface area contributed by atoms with Crippen molar-refractivity contribution in [2.75, 3.05) is 13.2 Å². The van der Waals surface area contributed by atoms with Crippen LogP contribution in [0, 0.1) is 0 Å². The molecular formula is C65H118O6. The first-order chi connectivity index (χ1) is 35.0. The minimum Gasteiger partial charge on any atom is -0.462 e. The maximum Gasteiger partial charge on any atom is 0.306 e. The third-order valence-corrected chi connectivity index (χ3v) is 13.8. The Balaban J connectivity index is 4.37. The molecule has 0 aliphatic rings. The van der Waals surface area contributed by atoms with Crippen LogP contribution in [0.2, 0.25) is 0 Å². The van der Waals surface area contributed by atoms with Gasteiger partial charge in [0.1, 0.15) is 13.2 Å². The van der Waals surface area contributed by atoms with Gasteiger partial charge >= 0.3 is 17.9 Å². The van der Waals surface area contributed by atoms with Crippen molar-refractivity contribution in [3.63, 3.8) is 0 Å². The Morgan fingerprint density at radius 3 is 0.817 bits per heavy atom. The molecule has 0 fully saturated rings. The van der Waals surface area contributed by atoms with Crippen molar-refractivity contribution in [1.29, 1.82) is 0 Å². The first kappa shape index (κ1) is 68.4. The molecule has 0 aliphatic heterocycles. The van der Waals surface area contributed by atoms with E-state index in [0.29, 0.717) is 19.3 Å². The lowest BCUT2D eigenvalue weighted by molar-refractivity contribution is -0.167. The maximum atomic E-state index is 12.9. The quantitative estimate of drug-likeness (QED) is 0.0261. The molecule has 0 bridgehead atoms. The fourth-order valence-electron chi connectivity index (χ4n) is 9.05. The summed E-state index contributed by atoms with van der Waals surface area (Å²) in [5, 5.41) is 0. The molecule has 0 N–H and O–H groups in total. The molecule has 0 heterocycles. The fraction of sp³-hybridized carbons (Fsp3) is 0.831. The lowest BCUT2D eigenvalue weighted by Crippen LogP contribution is -2.30. The fourth-order valence-corrected chi connectivity index (χ4v) is 9.05. The van der Waals surface area contributed by atoms with Crippen molar-refractivity contribution in [3.8, 4) is 0 Å². The second kappa shape index (κ2) is 59.9. The summed E-state index contributed by atoms with van der Waals surface area (Å²) >= 11 is 0. The Morgan fingerprint density at radius 1 is 0.282 bits per heavy atom. The van der Waals surface area contributed by atoms with Gasteiger partial charge in [-0.3, -0.25) is 14.4 Å². The molecule has 1 atom stereocenters. The van der Waals surface area contributed by atoms with Crippen LogP contribution in [0.25, 0.3) is 0 Å². The van der Waals surface area contributed by atoms with Gasteiger partial charge in [0.15, 0.2) is 6.10 Å². The molecule has 0 aromatic heterocycles. The number of rotatable bonds is 57. The summed E-state index contributed by atoms with van der Waals surface area (Å²) < 4.78 is 16.9. The number of hydrogen-bond donors (Lipinski definition) is 0. The molecule has 0 saturated carbocycles. The second-order valence-electron chi connectivity index (χ2n) is 21.0. The van der Waals surface area contributed by atoms with Gasteiger partial charge in [-0.25, -0.2) is 0 Å². The SMILES string of the molecule is CCCCC/C=C/C/C=C/CCCCCCCCCCCC(=O)OC[C@@H](COC(=O)CCCCCCCCC/C=C/CCCCCCCC)OC(=O)CCCCCCCCC/C=C/CCCCCCCC. The summed E-state index contributed by atoms with van der Waals surface area (Å²) in [6.45, 7) is 6.64. The van der Waals surface area contributed by atoms with Crippen LogP contribution >= 0.6 is 0 Å². The van der Waals surface area contributed by atoms with Crippen molar-refractivity contribution in [1.82, 2.24) is 0 Å². The van der Waals surface area contributed by atoms with E-state index in [1.165, 1.54) is 225 Å². The van der Waals surface area contributed by atoms with E-state index in [0.717, 1.165) is 64.2 Å². The highest BCUT2D eigenvalue weighted by molar-refractivity contribution is 5.71.